The number of hydrogen-bond acceptors (Lipinski definition) is 3. The molecule has 5 nitrogen and oxygen atoms in total. The smallest absolute Gasteiger partial charge is 0.407 e. The number of nitrogens with zero attached hydrogens (tertiary/aromatic N) is 2. The topological polar surface area (TPSA) is 53.0 Å². The van der Waals surface area contributed by atoms with Gasteiger partial charge in [-0.25, -0.2) is 4.79 Å². The van der Waals surface area contributed by atoms with Crippen LogP contribution in [0.5, 0.6) is 0 Å². The Balaban J connectivity index is 2.52. The number of hydrogen-bond donors (Lipinski definition) is 1. The van der Waals surface area contributed by atoms with Crippen molar-refractivity contribution >= 4 is 14.4 Å². The van der Waals surface area contributed by atoms with E-state index in [1.54, 1.807) is 0 Å². The standard InChI is InChI=1S/C15H32N2O3Si/c1-14(2,3)21(6,7)20-11-10-17-9-8-16(13(18)19)12-15(17,4)5/h8-12H2,1-7H3,(H,18,19). The molecule has 1 rings (SSSR count). The lowest BCUT2D eigenvalue weighted by Crippen LogP contribution is -2.61. The van der Waals surface area contributed by atoms with Gasteiger partial charge in [-0.2, -0.15) is 0 Å². The van der Waals surface area contributed by atoms with Gasteiger partial charge in [-0.3, -0.25) is 4.90 Å². The van der Waals surface area contributed by atoms with Crippen molar-refractivity contribution in [3.8, 4) is 0 Å². The molecule has 1 heterocycles. The maximum atomic E-state index is 11.1. The third kappa shape index (κ3) is 4.69. The molecular weight excluding hydrogens is 284 g/mol. The van der Waals surface area contributed by atoms with Crippen molar-refractivity contribution in [2.24, 2.45) is 0 Å². The highest BCUT2D eigenvalue weighted by Gasteiger charge is 2.38. The second-order valence-corrected chi connectivity index (χ2v) is 12.9. The summed E-state index contributed by atoms with van der Waals surface area (Å²) < 4.78 is 6.23. The molecule has 0 saturated carbocycles. The van der Waals surface area contributed by atoms with E-state index in [2.05, 4.69) is 52.6 Å². The number of piperazine rings is 1. The summed E-state index contributed by atoms with van der Waals surface area (Å²) in [6.45, 7) is 19.0. The average molecular weight is 317 g/mol. The van der Waals surface area contributed by atoms with Crippen LogP contribution in [0, 0.1) is 0 Å². The van der Waals surface area contributed by atoms with Crippen molar-refractivity contribution in [1.29, 1.82) is 0 Å². The van der Waals surface area contributed by atoms with E-state index in [0.717, 1.165) is 19.7 Å². The molecule has 1 aliphatic rings. The van der Waals surface area contributed by atoms with E-state index in [1.165, 1.54) is 4.90 Å². The molecule has 0 aromatic heterocycles. The summed E-state index contributed by atoms with van der Waals surface area (Å²) in [5.74, 6) is 0. The largest absolute Gasteiger partial charge is 0.465 e. The first kappa shape index (κ1) is 18.5. The van der Waals surface area contributed by atoms with Crippen LogP contribution in [0.25, 0.3) is 0 Å². The zero-order valence-corrected chi connectivity index (χ0v) is 15.7. The summed E-state index contributed by atoms with van der Waals surface area (Å²) >= 11 is 0. The van der Waals surface area contributed by atoms with E-state index in [9.17, 15) is 4.79 Å². The molecular formula is C15H32N2O3Si. The lowest BCUT2D eigenvalue weighted by molar-refractivity contribution is 0.0150. The molecule has 1 aliphatic heterocycles. The van der Waals surface area contributed by atoms with Crippen molar-refractivity contribution in [2.45, 2.75) is 58.3 Å². The van der Waals surface area contributed by atoms with Crippen molar-refractivity contribution in [3.05, 3.63) is 0 Å². The minimum atomic E-state index is -1.70. The van der Waals surface area contributed by atoms with Crippen LogP contribution < -0.4 is 0 Å². The molecule has 1 fully saturated rings. The molecule has 21 heavy (non-hydrogen) atoms. The minimum Gasteiger partial charge on any atom is -0.465 e. The second kappa shape index (κ2) is 6.26. The number of carboxylic acid groups (broad SMARTS) is 1. The molecule has 1 saturated heterocycles. The van der Waals surface area contributed by atoms with Crippen LogP contribution in [0.1, 0.15) is 34.6 Å². The highest BCUT2D eigenvalue weighted by atomic mass is 28.4. The van der Waals surface area contributed by atoms with Crippen molar-refractivity contribution in [2.75, 3.05) is 32.8 Å². The highest BCUT2D eigenvalue weighted by molar-refractivity contribution is 6.74. The van der Waals surface area contributed by atoms with Gasteiger partial charge in [-0.15, -0.1) is 0 Å². The first-order chi connectivity index (χ1) is 9.37. The van der Waals surface area contributed by atoms with E-state index in [1.807, 2.05) is 0 Å². The molecule has 124 valence electrons. The fourth-order valence-corrected chi connectivity index (χ4v) is 3.43. The Morgan fingerprint density at radius 3 is 2.29 bits per heavy atom. The Kier molecular flexibility index (Phi) is 5.50. The average Bonchev–Trinajstić information content (AvgIpc) is 2.28. The Labute approximate surface area is 130 Å². The molecule has 0 unspecified atom stereocenters. The highest BCUT2D eigenvalue weighted by Crippen LogP contribution is 2.36. The van der Waals surface area contributed by atoms with Crippen LogP contribution in [0.4, 0.5) is 4.79 Å². The molecule has 0 aliphatic carbocycles. The van der Waals surface area contributed by atoms with Gasteiger partial charge >= 0.3 is 6.09 Å². The Bertz CT molecular complexity index is 378. The van der Waals surface area contributed by atoms with Crippen molar-refractivity contribution < 1.29 is 14.3 Å². The maximum Gasteiger partial charge on any atom is 0.407 e. The first-order valence-corrected chi connectivity index (χ1v) is 10.6. The lowest BCUT2D eigenvalue weighted by Gasteiger charge is -2.46. The van der Waals surface area contributed by atoms with E-state index in [0.29, 0.717) is 13.1 Å². The first-order valence-electron chi connectivity index (χ1n) is 7.74. The van der Waals surface area contributed by atoms with E-state index in [-0.39, 0.29) is 10.6 Å². The van der Waals surface area contributed by atoms with Gasteiger partial charge in [-0.05, 0) is 32.0 Å². The lowest BCUT2D eigenvalue weighted by atomic mass is 9.99. The van der Waals surface area contributed by atoms with Gasteiger partial charge in [0.2, 0.25) is 0 Å². The van der Waals surface area contributed by atoms with Crippen LogP contribution in [-0.2, 0) is 4.43 Å². The van der Waals surface area contributed by atoms with Crippen LogP contribution in [0.2, 0.25) is 18.1 Å². The summed E-state index contributed by atoms with van der Waals surface area (Å²) in [7, 11) is -1.70. The summed E-state index contributed by atoms with van der Waals surface area (Å²) in [6.07, 6.45) is -0.819. The van der Waals surface area contributed by atoms with E-state index >= 15 is 0 Å². The summed E-state index contributed by atoms with van der Waals surface area (Å²) in [5, 5.41) is 9.34. The third-order valence-corrected chi connectivity index (χ3v) is 9.51. The fourth-order valence-electron chi connectivity index (χ4n) is 2.40. The van der Waals surface area contributed by atoms with Gasteiger partial charge in [0.1, 0.15) is 0 Å². The Hall–Kier alpha value is -0.593. The van der Waals surface area contributed by atoms with Gasteiger partial charge in [-0.1, -0.05) is 20.8 Å². The molecule has 1 N–H and O–H groups in total. The summed E-state index contributed by atoms with van der Waals surface area (Å²) in [4.78, 5) is 14.9. The predicted octanol–water partition coefficient (Wildman–Crippen LogP) is 3.08. The number of rotatable bonds is 4. The molecule has 0 bridgehead atoms. The summed E-state index contributed by atoms with van der Waals surface area (Å²) in [5.41, 5.74) is -0.132. The molecule has 0 spiro atoms. The fraction of sp³-hybridized carbons (Fsp3) is 0.933. The predicted molar refractivity (Wildman–Crippen MR) is 88.4 cm³/mol. The quantitative estimate of drug-likeness (QED) is 0.810. The zero-order chi connectivity index (χ0) is 16.5. The van der Waals surface area contributed by atoms with Crippen LogP contribution >= 0.6 is 0 Å². The van der Waals surface area contributed by atoms with Gasteiger partial charge < -0.3 is 14.4 Å². The van der Waals surface area contributed by atoms with Crippen molar-refractivity contribution in [1.82, 2.24) is 9.80 Å². The molecule has 0 atom stereocenters. The molecule has 0 aromatic carbocycles. The van der Waals surface area contributed by atoms with Crippen LogP contribution in [0.15, 0.2) is 0 Å². The Morgan fingerprint density at radius 2 is 1.86 bits per heavy atom. The normalized spacial score (nSPS) is 20.6. The molecule has 6 heteroatoms. The van der Waals surface area contributed by atoms with E-state index in [4.69, 9.17) is 9.53 Å². The van der Waals surface area contributed by atoms with E-state index < -0.39 is 14.4 Å². The molecule has 1 amide bonds. The third-order valence-electron chi connectivity index (χ3n) is 4.97. The van der Waals surface area contributed by atoms with Crippen molar-refractivity contribution in [3.63, 3.8) is 0 Å². The second-order valence-electron chi connectivity index (χ2n) is 8.11. The van der Waals surface area contributed by atoms with Gasteiger partial charge in [0.25, 0.3) is 0 Å². The zero-order valence-electron chi connectivity index (χ0n) is 14.7. The van der Waals surface area contributed by atoms with Crippen LogP contribution in [-0.4, -0.2) is 67.6 Å². The number of carbonyl (C=O) groups is 1. The van der Waals surface area contributed by atoms with Gasteiger partial charge in [0.15, 0.2) is 8.32 Å². The maximum absolute atomic E-state index is 11.1. The molecule has 0 radical (unpaired) electrons. The van der Waals surface area contributed by atoms with Gasteiger partial charge in [0, 0.05) is 38.3 Å². The molecule has 0 aromatic rings. The SMILES string of the molecule is CC1(C)CN(C(=O)O)CCN1CCO[Si](C)(C)C(C)(C)C. The summed E-state index contributed by atoms with van der Waals surface area (Å²) in [6, 6.07) is 0. The number of amides is 1. The Morgan fingerprint density at radius 1 is 1.29 bits per heavy atom. The monoisotopic (exact) mass is 316 g/mol. The minimum absolute atomic E-state index is 0.132. The van der Waals surface area contributed by atoms with Crippen LogP contribution in [0.3, 0.4) is 0 Å². The van der Waals surface area contributed by atoms with Gasteiger partial charge in [0.05, 0.1) is 0 Å².